The molecule has 0 aromatic heterocycles. The van der Waals surface area contributed by atoms with Gasteiger partial charge in [0.15, 0.2) is 8.32 Å². The smallest absolute Gasteiger partial charge is 0.192 e. The standard InChI is InChI=1S/C26H46O3S2Si/c1-8-10-24(29-32(6,7)25(2,3)4)19-22(27)20-26(30-17-9-18-31-26)16-15-21-11-13-23(28-5)14-12-21/h11-14,22,24,27H,8-10,15-20H2,1-7H3/t22-,24-/m1/s1. The Morgan fingerprint density at radius 1 is 1.12 bits per heavy atom. The molecule has 0 radical (unpaired) electrons. The van der Waals surface area contributed by atoms with Crippen LogP contribution in [0.4, 0.5) is 0 Å². The molecule has 0 aliphatic carbocycles. The highest BCUT2D eigenvalue weighted by Gasteiger charge is 2.40. The minimum atomic E-state index is -1.84. The van der Waals surface area contributed by atoms with E-state index in [2.05, 4.69) is 76.4 Å². The van der Waals surface area contributed by atoms with Crippen LogP contribution in [0.5, 0.6) is 5.75 Å². The van der Waals surface area contributed by atoms with Gasteiger partial charge in [-0.25, -0.2) is 0 Å². The second kappa shape index (κ2) is 12.5. The Morgan fingerprint density at radius 3 is 2.28 bits per heavy atom. The molecular formula is C26H46O3S2Si. The molecule has 1 N–H and O–H groups in total. The number of rotatable bonds is 12. The van der Waals surface area contributed by atoms with Crippen molar-refractivity contribution >= 4 is 31.8 Å². The number of methoxy groups -OCH3 is 1. The van der Waals surface area contributed by atoms with Crippen molar-refractivity contribution in [1.82, 2.24) is 0 Å². The van der Waals surface area contributed by atoms with Crippen LogP contribution in [0.3, 0.4) is 0 Å². The second-order valence-electron chi connectivity index (χ2n) is 10.7. The lowest BCUT2D eigenvalue weighted by Gasteiger charge is -2.41. The monoisotopic (exact) mass is 498 g/mol. The fourth-order valence-electron chi connectivity index (χ4n) is 3.99. The molecule has 1 aromatic carbocycles. The lowest BCUT2D eigenvalue weighted by molar-refractivity contribution is 0.0742. The Kier molecular flexibility index (Phi) is 11.0. The van der Waals surface area contributed by atoms with E-state index in [1.165, 1.54) is 23.5 Å². The molecule has 1 aromatic rings. The zero-order valence-electron chi connectivity index (χ0n) is 21.4. The van der Waals surface area contributed by atoms with Crippen molar-refractivity contribution in [2.24, 2.45) is 0 Å². The third kappa shape index (κ3) is 8.57. The topological polar surface area (TPSA) is 38.7 Å². The summed E-state index contributed by atoms with van der Waals surface area (Å²) < 4.78 is 12.1. The fourth-order valence-corrected chi connectivity index (χ4v) is 8.85. The van der Waals surface area contributed by atoms with Crippen LogP contribution in [0.25, 0.3) is 0 Å². The third-order valence-electron chi connectivity index (χ3n) is 6.93. The third-order valence-corrected chi connectivity index (χ3v) is 15.0. The van der Waals surface area contributed by atoms with Gasteiger partial charge in [-0.1, -0.05) is 46.2 Å². The van der Waals surface area contributed by atoms with Crippen LogP contribution in [0.15, 0.2) is 24.3 Å². The van der Waals surface area contributed by atoms with Gasteiger partial charge in [0, 0.05) is 6.10 Å². The lowest BCUT2D eigenvalue weighted by atomic mass is 10.00. The molecule has 0 spiro atoms. The summed E-state index contributed by atoms with van der Waals surface area (Å²) in [6.45, 7) is 13.8. The zero-order valence-corrected chi connectivity index (χ0v) is 24.0. The minimum absolute atomic E-state index is 0.103. The summed E-state index contributed by atoms with van der Waals surface area (Å²) in [5.74, 6) is 3.30. The molecule has 32 heavy (non-hydrogen) atoms. The summed E-state index contributed by atoms with van der Waals surface area (Å²) in [7, 11) is -0.132. The lowest BCUT2D eigenvalue weighted by Crippen LogP contribution is -2.45. The largest absolute Gasteiger partial charge is 0.497 e. The first-order valence-electron chi connectivity index (χ1n) is 12.3. The van der Waals surface area contributed by atoms with Crippen molar-refractivity contribution in [3.8, 4) is 5.75 Å². The van der Waals surface area contributed by atoms with Gasteiger partial charge in [0.1, 0.15) is 5.75 Å². The molecule has 1 aliphatic rings. The Morgan fingerprint density at radius 2 is 1.75 bits per heavy atom. The number of hydrogen-bond donors (Lipinski definition) is 1. The van der Waals surface area contributed by atoms with Gasteiger partial charge in [0.25, 0.3) is 0 Å². The van der Waals surface area contributed by atoms with Gasteiger partial charge >= 0.3 is 0 Å². The number of aliphatic hydroxyl groups excluding tert-OH is 1. The van der Waals surface area contributed by atoms with Crippen molar-refractivity contribution in [2.75, 3.05) is 18.6 Å². The van der Waals surface area contributed by atoms with E-state index in [-0.39, 0.29) is 21.3 Å². The molecule has 0 saturated carbocycles. The van der Waals surface area contributed by atoms with Gasteiger partial charge < -0.3 is 14.3 Å². The molecule has 1 aliphatic heterocycles. The molecule has 2 rings (SSSR count). The number of hydrogen-bond acceptors (Lipinski definition) is 5. The van der Waals surface area contributed by atoms with E-state index in [1.54, 1.807) is 7.11 Å². The molecule has 184 valence electrons. The summed E-state index contributed by atoms with van der Waals surface area (Å²) in [6, 6.07) is 8.44. The van der Waals surface area contributed by atoms with Gasteiger partial charge in [0.05, 0.1) is 17.3 Å². The van der Waals surface area contributed by atoms with Crippen molar-refractivity contribution < 1.29 is 14.3 Å². The van der Waals surface area contributed by atoms with E-state index < -0.39 is 8.32 Å². The van der Waals surface area contributed by atoms with Crippen LogP contribution in [0, 0.1) is 0 Å². The first kappa shape index (κ1) is 28.1. The number of ether oxygens (including phenoxy) is 1. The Labute approximate surface area is 206 Å². The highest BCUT2D eigenvalue weighted by Crippen LogP contribution is 2.49. The number of benzene rings is 1. The summed E-state index contributed by atoms with van der Waals surface area (Å²) in [5.41, 5.74) is 1.34. The van der Waals surface area contributed by atoms with Crippen LogP contribution in [-0.4, -0.2) is 48.3 Å². The zero-order chi connectivity index (χ0) is 23.8. The van der Waals surface area contributed by atoms with Gasteiger partial charge in [-0.05, 0) is 85.9 Å². The molecule has 0 amide bonds. The molecule has 1 saturated heterocycles. The minimum Gasteiger partial charge on any atom is -0.497 e. The van der Waals surface area contributed by atoms with Crippen molar-refractivity contribution in [1.29, 1.82) is 0 Å². The highest BCUT2D eigenvalue weighted by molar-refractivity contribution is 8.18. The molecule has 2 atom stereocenters. The average Bonchev–Trinajstić information content (AvgIpc) is 2.72. The van der Waals surface area contributed by atoms with E-state index in [0.717, 1.165) is 44.3 Å². The van der Waals surface area contributed by atoms with Gasteiger partial charge in [-0.2, -0.15) is 0 Å². The van der Waals surface area contributed by atoms with Crippen LogP contribution >= 0.6 is 23.5 Å². The predicted molar refractivity (Wildman–Crippen MR) is 146 cm³/mol. The molecule has 1 fully saturated rings. The van der Waals surface area contributed by atoms with Gasteiger partial charge in [-0.3, -0.25) is 0 Å². The average molecular weight is 499 g/mol. The Hall–Kier alpha value is -0.143. The van der Waals surface area contributed by atoms with E-state index >= 15 is 0 Å². The van der Waals surface area contributed by atoms with Crippen LogP contribution in [0.2, 0.25) is 18.1 Å². The van der Waals surface area contributed by atoms with Crippen molar-refractivity contribution in [3.63, 3.8) is 0 Å². The van der Waals surface area contributed by atoms with Crippen molar-refractivity contribution in [2.45, 2.75) is 107 Å². The molecule has 0 bridgehead atoms. The summed E-state index contributed by atoms with van der Waals surface area (Å²) in [5, 5.41) is 11.4. The summed E-state index contributed by atoms with van der Waals surface area (Å²) in [4.78, 5) is 0. The molecular weight excluding hydrogens is 453 g/mol. The SMILES string of the molecule is CCC[C@H](C[C@@H](O)CC1(CCc2ccc(OC)cc2)SCCCS1)O[Si](C)(C)C(C)(C)C. The first-order chi connectivity index (χ1) is 15.0. The second-order valence-corrected chi connectivity index (χ2v) is 18.7. The quantitative estimate of drug-likeness (QED) is 0.302. The number of aliphatic hydroxyl groups is 1. The molecule has 6 heteroatoms. The summed E-state index contributed by atoms with van der Waals surface area (Å²) in [6.07, 6.45) is 6.97. The Balaban J connectivity index is 2.02. The molecule has 3 nitrogen and oxygen atoms in total. The van der Waals surface area contributed by atoms with E-state index in [1.807, 2.05) is 12.1 Å². The normalized spacial score (nSPS) is 18.9. The van der Waals surface area contributed by atoms with Crippen LogP contribution < -0.4 is 4.74 Å². The molecule has 0 unspecified atom stereocenters. The maximum atomic E-state index is 11.2. The van der Waals surface area contributed by atoms with Gasteiger partial charge in [0.2, 0.25) is 0 Å². The highest BCUT2D eigenvalue weighted by atomic mass is 32.2. The summed E-state index contributed by atoms with van der Waals surface area (Å²) >= 11 is 4.14. The maximum absolute atomic E-state index is 11.2. The number of aryl methyl sites for hydroxylation is 1. The van der Waals surface area contributed by atoms with Gasteiger partial charge in [-0.15, -0.1) is 23.5 Å². The maximum Gasteiger partial charge on any atom is 0.192 e. The van der Waals surface area contributed by atoms with E-state index in [0.29, 0.717) is 0 Å². The molecule has 1 heterocycles. The van der Waals surface area contributed by atoms with E-state index in [4.69, 9.17) is 9.16 Å². The number of thioether (sulfide) groups is 2. The first-order valence-corrected chi connectivity index (χ1v) is 17.1. The predicted octanol–water partition coefficient (Wildman–Crippen LogP) is 7.53. The van der Waals surface area contributed by atoms with Crippen LogP contribution in [-0.2, 0) is 10.8 Å². The fraction of sp³-hybridized carbons (Fsp3) is 0.769. The Bertz CT molecular complexity index is 667. The van der Waals surface area contributed by atoms with E-state index in [9.17, 15) is 5.11 Å². The van der Waals surface area contributed by atoms with Crippen LogP contribution in [0.1, 0.15) is 71.8 Å². The van der Waals surface area contributed by atoms with Crippen molar-refractivity contribution in [3.05, 3.63) is 29.8 Å².